The number of likely N-dealkylation sites (tertiary alicyclic amines) is 1. The van der Waals surface area contributed by atoms with Gasteiger partial charge in [0.05, 0.1) is 5.69 Å². The van der Waals surface area contributed by atoms with Gasteiger partial charge in [0.2, 0.25) is 5.95 Å². The summed E-state index contributed by atoms with van der Waals surface area (Å²) in [6.07, 6.45) is 1.15. The fourth-order valence-corrected chi connectivity index (χ4v) is 2.84. The lowest BCUT2D eigenvalue weighted by atomic mass is 10.1. The van der Waals surface area contributed by atoms with Crippen molar-refractivity contribution in [2.24, 2.45) is 5.92 Å². The summed E-state index contributed by atoms with van der Waals surface area (Å²) in [5.74, 6) is -0.287. The van der Waals surface area contributed by atoms with Crippen LogP contribution in [-0.4, -0.2) is 46.8 Å². The molecule has 0 spiro atoms. The van der Waals surface area contributed by atoms with E-state index in [-0.39, 0.29) is 5.56 Å². The van der Waals surface area contributed by atoms with Crippen molar-refractivity contribution < 1.29 is 8.78 Å². The molecule has 1 fully saturated rings. The van der Waals surface area contributed by atoms with Gasteiger partial charge >= 0.3 is 0 Å². The van der Waals surface area contributed by atoms with Crippen LogP contribution in [0.1, 0.15) is 12.1 Å². The third-order valence-corrected chi connectivity index (χ3v) is 4.09. The highest BCUT2D eigenvalue weighted by Gasteiger charge is 2.19. The first-order chi connectivity index (χ1) is 11.0. The number of nitrogens with one attached hydrogen (secondary N) is 1. The average Bonchev–Trinajstić information content (AvgIpc) is 2.92. The lowest BCUT2D eigenvalue weighted by Crippen LogP contribution is -2.20. The summed E-state index contributed by atoms with van der Waals surface area (Å²) < 4.78 is 26.8. The fourth-order valence-electron chi connectivity index (χ4n) is 2.84. The Morgan fingerprint density at radius 2 is 2.13 bits per heavy atom. The van der Waals surface area contributed by atoms with E-state index in [1.807, 2.05) is 0 Å². The molecule has 0 amide bonds. The summed E-state index contributed by atoms with van der Waals surface area (Å²) in [6.45, 7) is 4.68. The number of anilines is 1. The molecule has 23 heavy (non-hydrogen) atoms. The van der Waals surface area contributed by atoms with Crippen LogP contribution in [0.5, 0.6) is 0 Å². The van der Waals surface area contributed by atoms with E-state index in [1.165, 1.54) is 12.1 Å². The second-order valence-corrected chi connectivity index (χ2v) is 5.99. The van der Waals surface area contributed by atoms with Crippen LogP contribution in [0.15, 0.2) is 18.2 Å². The molecule has 1 saturated heterocycles. The second-order valence-electron chi connectivity index (χ2n) is 5.99. The number of nitrogens with zero attached hydrogens (tertiary/aromatic N) is 4. The standard InChI is InChI=1S/C16H19F2N5/c1-10-15(13-4-3-12(17)7-14(13)18)21-22-16(20-10)19-8-11-5-6-23(2)9-11/h3-4,7,11H,5-6,8-9H2,1-2H3,(H,19,20,22). The van der Waals surface area contributed by atoms with Gasteiger partial charge in [-0.05, 0) is 45.0 Å². The number of aryl methyl sites for hydroxylation is 1. The molecule has 1 atom stereocenters. The summed E-state index contributed by atoms with van der Waals surface area (Å²) in [4.78, 5) is 6.62. The maximum absolute atomic E-state index is 13.8. The van der Waals surface area contributed by atoms with Crippen LogP contribution in [0.25, 0.3) is 11.3 Å². The average molecular weight is 319 g/mol. The van der Waals surface area contributed by atoms with E-state index in [9.17, 15) is 8.78 Å². The van der Waals surface area contributed by atoms with E-state index in [0.29, 0.717) is 23.3 Å². The zero-order valence-electron chi connectivity index (χ0n) is 13.2. The molecule has 1 aromatic carbocycles. The first-order valence-electron chi connectivity index (χ1n) is 7.62. The normalized spacial score (nSPS) is 18.3. The minimum absolute atomic E-state index is 0.202. The van der Waals surface area contributed by atoms with E-state index in [4.69, 9.17) is 0 Å². The van der Waals surface area contributed by atoms with Gasteiger partial charge in [0.25, 0.3) is 0 Å². The Bertz CT molecular complexity index is 707. The molecule has 1 aliphatic heterocycles. The lowest BCUT2D eigenvalue weighted by molar-refractivity contribution is 0.399. The lowest BCUT2D eigenvalue weighted by Gasteiger charge is -2.12. The number of hydrogen-bond donors (Lipinski definition) is 1. The Kier molecular flexibility index (Phi) is 4.47. The van der Waals surface area contributed by atoms with Crippen LogP contribution >= 0.6 is 0 Å². The summed E-state index contributed by atoms with van der Waals surface area (Å²) in [5.41, 5.74) is 1.08. The molecule has 5 nitrogen and oxygen atoms in total. The molecular weight excluding hydrogens is 300 g/mol. The summed E-state index contributed by atoms with van der Waals surface area (Å²) >= 11 is 0. The third kappa shape index (κ3) is 3.61. The van der Waals surface area contributed by atoms with Crippen LogP contribution in [-0.2, 0) is 0 Å². The van der Waals surface area contributed by atoms with Crippen molar-refractivity contribution in [2.45, 2.75) is 13.3 Å². The topological polar surface area (TPSA) is 53.9 Å². The fraction of sp³-hybridized carbons (Fsp3) is 0.438. The van der Waals surface area contributed by atoms with Gasteiger partial charge in [-0.1, -0.05) is 0 Å². The summed E-state index contributed by atoms with van der Waals surface area (Å²) in [7, 11) is 2.11. The van der Waals surface area contributed by atoms with Gasteiger partial charge in [-0.25, -0.2) is 13.8 Å². The highest BCUT2D eigenvalue weighted by Crippen LogP contribution is 2.23. The highest BCUT2D eigenvalue weighted by atomic mass is 19.1. The molecule has 1 aliphatic rings. The first kappa shape index (κ1) is 15.7. The monoisotopic (exact) mass is 319 g/mol. The molecule has 122 valence electrons. The molecule has 0 saturated carbocycles. The Hall–Kier alpha value is -2.15. The van der Waals surface area contributed by atoms with Gasteiger partial charge in [-0.2, -0.15) is 0 Å². The predicted octanol–water partition coefficient (Wildman–Crippen LogP) is 2.49. The van der Waals surface area contributed by atoms with E-state index >= 15 is 0 Å². The van der Waals surface area contributed by atoms with Crippen LogP contribution in [0.4, 0.5) is 14.7 Å². The molecule has 7 heteroatoms. The smallest absolute Gasteiger partial charge is 0.242 e. The van der Waals surface area contributed by atoms with Crippen molar-refractivity contribution in [3.8, 4) is 11.3 Å². The van der Waals surface area contributed by atoms with Gasteiger partial charge < -0.3 is 10.2 Å². The number of hydrogen-bond acceptors (Lipinski definition) is 5. The zero-order valence-corrected chi connectivity index (χ0v) is 13.2. The van der Waals surface area contributed by atoms with Gasteiger partial charge in [-0.15, -0.1) is 10.2 Å². The van der Waals surface area contributed by atoms with Crippen LogP contribution in [0, 0.1) is 24.5 Å². The maximum atomic E-state index is 13.8. The van der Waals surface area contributed by atoms with Crippen LogP contribution < -0.4 is 5.32 Å². The Balaban J connectivity index is 1.73. The number of halogens is 2. The van der Waals surface area contributed by atoms with Crippen molar-refractivity contribution in [3.05, 3.63) is 35.5 Å². The van der Waals surface area contributed by atoms with E-state index in [1.54, 1.807) is 6.92 Å². The van der Waals surface area contributed by atoms with Crippen molar-refractivity contribution in [2.75, 3.05) is 32.0 Å². The Morgan fingerprint density at radius 1 is 1.30 bits per heavy atom. The molecule has 1 unspecified atom stereocenters. The van der Waals surface area contributed by atoms with E-state index < -0.39 is 11.6 Å². The molecule has 1 aromatic heterocycles. The molecular formula is C16H19F2N5. The van der Waals surface area contributed by atoms with Crippen molar-refractivity contribution in [1.82, 2.24) is 20.1 Å². The molecule has 3 rings (SSSR count). The number of aromatic nitrogens is 3. The first-order valence-corrected chi connectivity index (χ1v) is 7.62. The van der Waals surface area contributed by atoms with Gasteiger partial charge in [-0.3, -0.25) is 0 Å². The van der Waals surface area contributed by atoms with E-state index in [2.05, 4.69) is 32.4 Å². The van der Waals surface area contributed by atoms with Crippen LogP contribution in [0.3, 0.4) is 0 Å². The molecule has 0 radical (unpaired) electrons. The quantitative estimate of drug-likeness (QED) is 0.938. The third-order valence-electron chi connectivity index (χ3n) is 4.09. The van der Waals surface area contributed by atoms with Crippen molar-refractivity contribution >= 4 is 5.95 Å². The molecule has 1 N–H and O–H groups in total. The van der Waals surface area contributed by atoms with Gasteiger partial charge in [0, 0.05) is 24.7 Å². The minimum Gasteiger partial charge on any atom is -0.353 e. The molecule has 2 heterocycles. The summed E-state index contributed by atoms with van der Waals surface area (Å²) in [6, 6.07) is 3.38. The number of rotatable bonds is 4. The van der Waals surface area contributed by atoms with Crippen molar-refractivity contribution in [1.29, 1.82) is 0 Å². The molecule has 2 aromatic rings. The summed E-state index contributed by atoms with van der Waals surface area (Å²) in [5, 5.41) is 11.2. The largest absolute Gasteiger partial charge is 0.353 e. The van der Waals surface area contributed by atoms with E-state index in [0.717, 1.165) is 32.1 Å². The highest BCUT2D eigenvalue weighted by molar-refractivity contribution is 5.62. The van der Waals surface area contributed by atoms with Gasteiger partial charge in [0.15, 0.2) is 0 Å². The predicted molar refractivity (Wildman–Crippen MR) is 84.0 cm³/mol. The SMILES string of the molecule is Cc1nc(NCC2CCN(C)C2)nnc1-c1ccc(F)cc1F. The minimum atomic E-state index is -0.668. The molecule has 0 aliphatic carbocycles. The molecule has 0 bridgehead atoms. The zero-order chi connectivity index (χ0) is 16.4. The van der Waals surface area contributed by atoms with Gasteiger partial charge in [0.1, 0.15) is 17.3 Å². The van der Waals surface area contributed by atoms with Crippen LogP contribution in [0.2, 0.25) is 0 Å². The number of benzene rings is 1. The maximum Gasteiger partial charge on any atom is 0.242 e. The van der Waals surface area contributed by atoms with Crippen molar-refractivity contribution in [3.63, 3.8) is 0 Å². The Morgan fingerprint density at radius 3 is 2.78 bits per heavy atom. The Labute approximate surface area is 133 Å². The second kappa shape index (κ2) is 6.54.